The molecule has 0 unspecified atom stereocenters. The highest BCUT2D eigenvalue weighted by molar-refractivity contribution is 14.1. The van der Waals surface area contributed by atoms with Gasteiger partial charge in [0.15, 0.2) is 0 Å². The highest BCUT2D eigenvalue weighted by Crippen LogP contribution is 2.54. The summed E-state index contributed by atoms with van der Waals surface area (Å²) in [6, 6.07) is 10.2. The van der Waals surface area contributed by atoms with Crippen LogP contribution in [0.25, 0.3) is 0 Å². The third-order valence-corrected chi connectivity index (χ3v) is 9.54. The number of nitrogens with one attached hydrogen (secondary N) is 1. The van der Waals surface area contributed by atoms with Gasteiger partial charge in [0.05, 0.1) is 30.2 Å². The fraction of sp³-hybridized carbons (Fsp3) is 0.333. The molecular weight excluding hydrogens is 766 g/mol. The minimum atomic E-state index is -5.18. The van der Waals surface area contributed by atoms with E-state index in [4.69, 9.17) is 0 Å². The van der Waals surface area contributed by atoms with Gasteiger partial charge in [-0.15, -0.1) is 11.8 Å². The molecule has 16 heteroatoms. The molecule has 46 heavy (non-hydrogen) atoms. The van der Waals surface area contributed by atoms with E-state index >= 15 is 0 Å². The number of thioether (sulfide) groups is 1. The van der Waals surface area contributed by atoms with Crippen molar-refractivity contribution in [2.45, 2.75) is 60.7 Å². The first kappa shape index (κ1) is 35.9. The molecule has 2 atom stereocenters. The summed E-state index contributed by atoms with van der Waals surface area (Å²) < 4.78 is 120. The van der Waals surface area contributed by atoms with Gasteiger partial charge in [0, 0.05) is 15.0 Å². The van der Waals surface area contributed by atoms with E-state index in [1.807, 2.05) is 27.9 Å². The number of halogens is 10. The number of benzene rings is 3. The average Bonchev–Trinajstić information content (AvgIpc) is 3.22. The van der Waals surface area contributed by atoms with Crippen molar-refractivity contribution in [3.8, 4) is 0 Å². The van der Waals surface area contributed by atoms with E-state index in [0.717, 1.165) is 22.2 Å². The molecule has 0 radical (unpaired) electrons. The molecule has 0 aromatic heterocycles. The molecule has 0 saturated carbocycles. The van der Waals surface area contributed by atoms with Crippen molar-refractivity contribution in [1.29, 1.82) is 0 Å². The van der Waals surface area contributed by atoms with Gasteiger partial charge in [-0.25, -0.2) is 0 Å². The van der Waals surface area contributed by atoms with Gasteiger partial charge in [-0.05, 0) is 82.6 Å². The van der Waals surface area contributed by atoms with Crippen LogP contribution in [0.4, 0.5) is 39.5 Å². The standard InChI is InChI=1S/C30H24F9IN2O3S/c1-16-2-5-21(6-3-16)46-27(26(45)41-15-28(31,32)33)12-24(44)42(25(27)22-7-4-17(14-43)10-23(22)40)13-18-8-19(29(34,35)36)11-20(9-18)30(37,38)39/h2-11,25,43H,12-15H2,1H3,(H,41,45)/t25-,27-/m1/s1. The summed E-state index contributed by atoms with van der Waals surface area (Å²) in [6.07, 6.45) is -15.9. The van der Waals surface area contributed by atoms with Crippen molar-refractivity contribution >= 4 is 46.2 Å². The SMILES string of the molecule is Cc1ccc(S[C@]2(C(=O)NCC(F)(F)F)CC(=O)N(Cc3cc(C(F)(F)F)cc(C(F)(F)F)c3)[C@@H]2c2ccc(CO)cc2I)cc1. The van der Waals surface area contributed by atoms with Gasteiger partial charge in [0.25, 0.3) is 0 Å². The third kappa shape index (κ3) is 8.10. The molecule has 1 fully saturated rings. The number of likely N-dealkylation sites (tertiary alicyclic amines) is 1. The average molecular weight is 790 g/mol. The molecule has 0 aliphatic carbocycles. The molecule has 248 valence electrons. The molecule has 1 aliphatic heterocycles. The van der Waals surface area contributed by atoms with Crippen LogP contribution in [0.3, 0.4) is 0 Å². The molecule has 3 aromatic carbocycles. The van der Waals surface area contributed by atoms with Gasteiger partial charge in [-0.3, -0.25) is 9.59 Å². The van der Waals surface area contributed by atoms with E-state index in [0.29, 0.717) is 26.2 Å². The number of aliphatic hydroxyl groups excluding tert-OH is 1. The maximum atomic E-state index is 13.9. The predicted molar refractivity (Wildman–Crippen MR) is 158 cm³/mol. The summed E-state index contributed by atoms with van der Waals surface area (Å²) in [7, 11) is 0. The Balaban J connectivity index is 1.94. The van der Waals surface area contributed by atoms with E-state index in [1.165, 1.54) is 18.2 Å². The number of hydrogen-bond donors (Lipinski definition) is 2. The molecule has 1 saturated heterocycles. The van der Waals surface area contributed by atoms with Gasteiger partial charge in [0.2, 0.25) is 11.8 Å². The highest BCUT2D eigenvalue weighted by atomic mass is 127. The number of aliphatic hydroxyl groups is 1. The lowest BCUT2D eigenvalue weighted by Crippen LogP contribution is -2.50. The van der Waals surface area contributed by atoms with E-state index < -0.39 is 83.9 Å². The van der Waals surface area contributed by atoms with Crippen molar-refractivity contribution in [2.75, 3.05) is 6.54 Å². The first-order valence-corrected chi connectivity index (χ1v) is 15.2. The van der Waals surface area contributed by atoms with Crippen LogP contribution in [-0.2, 0) is 35.1 Å². The molecule has 2 amide bonds. The largest absolute Gasteiger partial charge is 0.416 e. The van der Waals surface area contributed by atoms with Gasteiger partial charge >= 0.3 is 18.5 Å². The van der Waals surface area contributed by atoms with Crippen molar-refractivity contribution in [3.05, 3.63) is 97.6 Å². The Labute approximate surface area is 274 Å². The van der Waals surface area contributed by atoms with Gasteiger partial charge in [0.1, 0.15) is 11.3 Å². The quantitative estimate of drug-likeness (QED) is 0.181. The zero-order valence-corrected chi connectivity index (χ0v) is 26.6. The summed E-state index contributed by atoms with van der Waals surface area (Å²) in [5.41, 5.74) is -2.41. The monoisotopic (exact) mass is 790 g/mol. The van der Waals surface area contributed by atoms with Crippen LogP contribution in [0.1, 0.15) is 45.8 Å². The first-order valence-electron chi connectivity index (χ1n) is 13.3. The summed E-state index contributed by atoms with van der Waals surface area (Å²) in [4.78, 5) is 28.9. The number of aryl methyl sites for hydroxylation is 1. The predicted octanol–water partition coefficient (Wildman–Crippen LogP) is 7.81. The third-order valence-electron chi connectivity index (χ3n) is 7.18. The minimum absolute atomic E-state index is 0.0640. The number of alkyl halides is 9. The Bertz CT molecular complexity index is 1580. The number of carbonyl (C=O) groups is 2. The fourth-order valence-corrected chi connectivity index (χ4v) is 7.40. The highest BCUT2D eigenvalue weighted by Gasteiger charge is 2.59. The number of carbonyl (C=O) groups excluding carboxylic acids is 2. The number of rotatable bonds is 8. The number of amides is 2. The van der Waals surface area contributed by atoms with Crippen LogP contribution in [0.15, 0.2) is 65.6 Å². The summed E-state index contributed by atoms with van der Waals surface area (Å²) in [6.45, 7) is -1.24. The Morgan fingerprint density at radius 1 is 0.935 bits per heavy atom. The molecule has 1 heterocycles. The molecule has 0 bridgehead atoms. The van der Waals surface area contributed by atoms with Crippen molar-refractivity contribution < 1.29 is 54.2 Å². The van der Waals surface area contributed by atoms with Crippen LogP contribution >= 0.6 is 34.4 Å². The van der Waals surface area contributed by atoms with Crippen molar-refractivity contribution in [1.82, 2.24) is 10.2 Å². The molecular formula is C30H24F9IN2O3S. The maximum Gasteiger partial charge on any atom is 0.416 e. The lowest BCUT2D eigenvalue weighted by atomic mass is 9.90. The molecule has 1 aliphatic rings. The Kier molecular flexibility index (Phi) is 10.3. The van der Waals surface area contributed by atoms with Crippen LogP contribution in [0.5, 0.6) is 0 Å². The summed E-state index contributed by atoms with van der Waals surface area (Å²) in [5, 5.41) is 11.5. The van der Waals surface area contributed by atoms with Gasteiger partial charge < -0.3 is 15.3 Å². The minimum Gasteiger partial charge on any atom is -0.392 e. The first-order chi connectivity index (χ1) is 21.2. The summed E-state index contributed by atoms with van der Waals surface area (Å²) in [5.74, 6) is -2.10. The van der Waals surface area contributed by atoms with Crippen LogP contribution in [0.2, 0.25) is 0 Å². The molecule has 5 nitrogen and oxygen atoms in total. The Hall–Kier alpha value is -2.99. The van der Waals surface area contributed by atoms with Crippen LogP contribution < -0.4 is 5.32 Å². The van der Waals surface area contributed by atoms with E-state index in [2.05, 4.69) is 0 Å². The lowest BCUT2D eigenvalue weighted by Gasteiger charge is -2.37. The van der Waals surface area contributed by atoms with Crippen LogP contribution in [-0.4, -0.2) is 39.3 Å². The van der Waals surface area contributed by atoms with Gasteiger partial charge in [-0.1, -0.05) is 29.8 Å². The normalized spacial score (nSPS) is 19.1. The second kappa shape index (κ2) is 13.3. The van der Waals surface area contributed by atoms with E-state index in [1.54, 1.807) is 31.2 Å². The molecule has 4 rings (SSSR count). The second-order valence-corrected chi connectivity index (χ2v) is 13.2. The smallest absolute Gasteiger partial charge is 0.392 e. The van der Waals surface area contributed by atoms with E-state index in [-0.39, 0.29) is 11.6 Å². The van der Waals surface area contributed by atoms with Crippen molar-refractivity contribution in [2.24, 2.45) is 0 Å². The second-order valence-electron chi connectivity index (χ2n) is 10.6. The molecule has 2 N–H and O–H groups in total. The number of hydrogen-bond acceptors (Lipinski definition) is 4. The zero-order valence-electron chi connectivity index (χ0n) is 23.6. The zero-order chi connectivity index (χ0) is 34.2. The molecule has 0 spiro atoms. The van der Waals surface area contributed by atoms with Crippen LogP contribution in [0, 0.1) is 10.5 Å². The Morgan fingerprint density at radius 3 is 2.02 bits per heavy atom. The maximum absolute atomic E-state index is 13.9. The lowest BCUT2D eigenvalue weighted by molar-refractivity contribution is -0.143. The number of nitrogens with zero attached hydrogens (tertiary/aromatic N) is 1. The van der Waals surface area contributed by atoms with Crippen molar-refractivity contribution in [3.63, 3.8) is 0 Å². The molecule has 3 aromatic rings. The summed E-state index contributed by atoms with van der Waals surface area (Å²) >= 11 is 2.59. The topological polar surface area (TPSA) is 69.6 Å². The fourth-order valence-electron chi connectivity index (χ4n) is 5.10. The Morgan fingerprint density at radius 2 is 1.52 bits per heavy atom. The van der Waals surface area contributed by atoms with Gasteiger partial charge in [-0.2, -0.15) is 39.5 Å². The van der Waals surface area contributed by atoms with E-state index in [9.17, 15) is 54.2 Å².